The Hall–Kier alpha value is -3.02. The second-order valence-corrected chi connectivity index (χ2v) is 5.02. The highest BCUT2D eigenvalue weighted by Gasteiger charge is 2.10. The van der Waals surface area contributed by atoms with Crippen LogP contribution in [0, 0.1) is 23.3 Å². The molecule has 0 bridgehead atoms. The van der Waals surface area contributed by atoms with Crippen LogP contribution in [0.2, 0.25) is 0 Å². The first kappa shape index (κ1) is 15.9. The summed E-state index contributed by atoms with van der Waals surface area (Å²) in [5, 5.41) is 5.24. The summed E-state index contributed by atoms with van der Waals surface area (Å²) in [5.41, 5.74) is 0.125. The van der Waals surface area contributed by atoms with Crippen molar-refractivity contribution in [3.05, 3.63) is 83.9 Å². The molecule has 6 heteroatoms. The molecule has 0 spiro atoms. The van der Waals surface area contributed by atoms with Gasteiger partial charge < -0.3 is 10.6 Å². The monoisotopic (exact) mass is 332 g/mol. The average Bonchev–Trinajstić information content (AvgIpc) is 2.55. The predicted molar refractivity (Wildman–Crippen MR) is 85.7 cm³/mol. The van der Waals surface area contributed by atoms with E-state index in [9.17, 15) is 17.6 Å². The second-order valence-electron chi connectivity index (χ2n) is 5.02. The number of rotatable bonds is 4. The lowest BCUT2D eigenvalue weighted by Gasteiger charge is -2.12. The Labute approximate surface area is 135 Å². The first-order valence-electron chi connectivity index (χ1n) is 7.07. The van der Waals surface area contributed by atoms with Gasteiger partial charge in [-0.25, -0.2) is 17.6 Å². The molecule has 0 saturated heterocycles. The summed E-state index contributed by atoms with van der Waals surface area (Å²) in [7, 11) is 0. The van der Waals surface area contributed by atoms with Crippen LogP contribution in [0.25, 0.3) is 0 Å². The first-order chi connectivity index (χ1) is 11.5. The van der Waals surface area contributed by atoms with E-state index in [1.54, 1.807) is 18.2 Å². The number of nitrogens with one attached hydrogen (secondary N) is 2. The maximum absolute atomic E-state index is 13.7. The van der Waals surface area contributed by atoms with Crippen molar-refractivity contribution in [1.82, 2.24) is 0 Å². The van der Waals surface area contributed by atoms with E-state index < -0.39 is 23.3 Å². The maximum atomic E-state index is 13.7. The fourth-order valence-electron chi connectivity index (χ4n) is 2.20. The summed E-state index contributed by atoms with van der Waals surface area (Å²) < 4.78 is 54.7. The Morgan fingerprint density at radius 2 is 0.833 bits per heavy atom. The van der Waals surface area contributed by atoms with Crippen LogP contribution in [0.1, 0.15) is 0 Å². The molecule has 0 aliphatic heterocycles. The van der Waals surface area contributed by atoms with Crippen LogP contribution in [0.3, 0.4) is 0 Å². The minimum atomic E-state index is -0.742. The maximum Gasteiger partial charge on any atom is 0.149 e. The molecule has 0 saturated carbocycles. The number of anilines is 4. The smallest absolute Gasteiger partial charge is 0.149 e. The number of halogens is 4. The van der Waals surface area contributed by atoms with Crippen LogP contribution in [0.5, 0.6) is 0 Å². The van der Waals surface area contributed by atoms with E-state index in [2.05, 4.69) is 10.6 Å². The van der Waals surface area contributed by atoms with E-state index in [1.807, 2.05) is 0 Å². The van der Waals surface area contributed by atoms with E-state index >= 15 is 0 Å². The zero-order valence-corrected chi connectivity index (χ0v) is 12.3. The molecular formula is C18H12F4N2. The molecule has 0 amide bonds. The van der Waals surface area contributed by atoms with Gasteiger partial charge >= 0.3 is 0 Å². The third-order valence-electron chi connectivity index (χ3n) is 3.33. The van der Waals surface area contributed by atoms with Crippen molar-refractivity contribution >= 4 is 22.7 Å². The zero-order chi connectivity index (χ0) is 17.1. The van der Waals surface area contributed by atoms with Gasteiger partial charge in [-0.3, -0.25) is 0 Å². The predicted octanol–water partition coefficient (Wildman–Crippen LogP) is 5.73. The molecule has 3 aromatic carbocycles. The van der Waals surface area contributed by atoms with Crippen molar-refractivity contribution in [1.29, 1.82) is 0 Å². The van der Waals surface area contributed by atoms with Gasteiger partial charge in [0, 0.05) is 11.4 Å². The van der Waals surface area contributed by atoms with Crippen LogP contribution in [-0.2, 0) is 0 Å². The van der Waals surface area contributed by atoms with Crippen molar-refractivity contribution in [2.45, 2.75) is 0 Å². The number of benzene rings is 3. The highest BCUT2D eigenvalue weighted by atomic mass is 19.1. The normalized spacial score (nSPS) is 10.5. The molecule has 2 nitrogen and oxygen atoms in total. The molecule has 0 aromatic heterocycles. The van der Waals surface area contributed by atoms with Gasteiger partial charge in [-0.1, -0.05) is 18.2 Å². The number of hydrogen-bond donors (Lipinski definition) is 2. The largest absolute Gasteiger partial charge is 0.351 e. The molecule has 2 N–H and O–H groups in total. The molecule has 3 aromatic rings. The Kier molecular flexibility index (Phi) is 4.37. The van der Waals surface area contributed by atoms with E-state index in [0.29, 0.717) is 11.4 Å². The van der Waals surface area contributed by atoms with Gasteiger partial charge in [0.15, 0.2) is 0 Å². The summed E-state index contributed by atoms with van der Waals surface area (Å²) in [5.74, 6) is -2.97. The summed E-state index contributed by atoms with van der Waals surface area (Å²) in [6, 6.07) is 13.3. The fourth-order valence-corrected chi connectivity index (χ4v) is 2.20. The summed E-state index contributed by atoms with van der Waals surface area (Å²) in [6.07, 6.45) is 0. The molecule has 0 aliphatic rings. The van der Waals surface area contributed by atoms with Gasteiger partial charge in [0.2, 0.25) is 0 Å². The van der Waals surface area contributed by atoms with E-state index in [-0.39, 0.29) is 11.4 Å². The fraction of sp³-hybridized carbons (Fsp3) is 0. The highest BCUT2D eigenvalue weighted by Crippen LogP contribution is 2.27. The highest BCUT2D eigenvalue weighted by molar-refractivity contribution is 5.69. The lowest BCUT2D eigenvalue weighted by Crippen LogP contribution is -2.00. The van der Waals surface area contributed by atoms with Crippen molar-refractivity contribution in [3.8, 4) is 0 Å². The minimum Gasteiger partial charge on any atom is -0.351 e. The van der Waals surface area contributed by atoms with Crippen molar-refractivity contribution < 1.29 is 17.6 Å². The standard InChI is InChI=1S/C18H12F4N2/c19-13-6-2-7-14(20)17(13)23-11-4-1-5-12(10-11)24-18-15(21)8-3-9-16(18)22/h1-10,23-24H. The molecule has 0 fully saturated rings. The Bertz CT molecular complexity index is 771. The number of hydrogen-bond acceptors (Lipinski definition) is 2. The van der Waals surface area contributed by atoms with Crippen LogP contribution in [0.15, 0.2) is 60.7 Å². The Balaban J connectivity index is 1.87. The van der Waals surface area contributed by atoms with Gasteiger partial charge in [-0.15, -0.1) is 0 Å². The molecule has 0 aliphatic carbocycles. The van der Waals surface area contributed by atoms with Crippen LogP contribution < -0.4 is 10.6 Å². The molecular weight excluding hydrogens is 320 g/mol. The molecule has 122 valence electrons. The SMILES string of the molecule is Fc1cccc(F)c1Nc1cccc(Nc2c(F)cccc2F)c1. The molecule has 24 heavy (non-hydrogen) atoms. The molecule has 0 atom stereocenters. The van der Waals surface area contributed by atoms with Crippen molar-refractivity contribution in [2.75, 3.05) is 10.6 Å². The first-order valence-corrected chi connectivity index (χ1v) is 7.07. The van der Waals surface area contributed by atoms with Crippen molar-refractivity contribution in [3.63, 3.8) is 0 Å². The summed E-state index contributed by atoms with van der Waals surface area (Å²) >= 11 is 0. The number of para-hydroxylation sites is 2. The van der Waals surface area contributed by atoms with E-state index in [1.165, 1.54) is 18.2 Å². The Morgan fingerprint density at radius 1 is 0.500 bits per heavy atom. The third-order valence-corrected chi connectivity index (χ3v) is 3.33. The third kappa shape index (κ3) is 3.32. The lowest BCUT2D eigenvalue weighted by molar-refractivity contribution is 0.590. The molecule has 0 heterocycles. The topological polar surface area (TPSA) is 24.1 Å². The van der Waals surface area contributed by atoms with Crippen LogP contribution in [-0.4, -0.2) is 0 Å². The Morgan fingerprint density at radius 3 is 1.21 bits per heavy atom. The zero-order valence-electron chi connectivity index (χ0n) is 12.3. The van der Waals surface area contributed by atoms with Gasteiger partial charge in [0.05, 0.1) is 0 Å². The molecule has 0 unspecified atom stereocenters. The van der Waals surface area contributed by atoms with Crippen LogP contribution >= 0.6 is 0 Å². The van der Waals surface area contributed by atoms with Crippen molar-refractivity contribution in [2.24, 2.45) is 0 Å². The summed E-state index contributed by atoms with van der Waals surface area (Å²) in [4.78, 5) is 0. The van der Waals surface area contributed by atoms with Crippen LogP contribution in [0.4, 0.5) is 40.3 Å². The van der Waals surface area contributed by atoms with Gasteiger partial charge in [-0.2, -0.15) is 0 Å². The van der Waals surface area contributed by atoms with Gasteiger partial charge in [0.1, 0.15) is 34.6 Å². The lowest BCUT2D eigenvalue weighted by atomic mass is 10.2. The van der Waals surface area contributed by atoms with Gasteiger partial charge in [0.25, 0.3) is 0 Å². The van der Waals surface area contributed by atoms with Gasteiger partial charge in [-0.05, 0) is 42.5 Å². The molecule has 0 radical (unpaired) electrons. The second kappa shape index (κ2) is 6.62. The quantitative estimate of drug-likeness (QED) is 0.596. The van der Waals surface area contributed by atoms with E-state index in [0.717, 1.165) is 24.3 Å². The average molecular weight is 332 g/mol. The molecule has 3 rings (SSSR count). The van der Waals surface area contributed by atoms with E-state index in [4.69, 9.17) is 0 Å². The summed E-state index contributed by atoms with van der Waals surface area (Å²) in [6.45, 7) is 0. The minimum absolute atomic E-state index is 0.299.